The van der Waals surface area contributed by atoms with E-state index in [4.69, 9.17) is 24.9 Å². The molecule has 0 unspecified atom stereocenters. The Morgan fingerprint density at radius 2 is 1.69 bits per heavy atom. The smallest absolute Gasteiger partial charge is 0.408 e. The van der Waals surface area contributed by atoms with Crippen molar-refractivity contribution in [3.63, 3.8) is 0 Å². The first-order chi connectivity index (χ1) is 32.1. The first-order valence-electron chi connectivity index (χ1n) is 21.6. The molecule has 3 aromatic carbocycles. The minimum Gasteiger partial charge on any atom is -0.497 e. The maximum Gasteiger partial charge on any atom is 0.408 e. The highest BCUT2D eigenvalue weighted by Gasteiger charge is 2.32. The van der Waals surface area contributed by atoms with E-state index in [-0.39, 0.29) is 45.4 Å². The second kappa shape index (κ2) is 22.3. The van der Waals surface area contributed by atoms with Gasteiger partial charge >= 0.3 is 12.1 Å². The number of nitrogens with two attached hydrogens (primary N) is 1. The summed E-state index contributed by atoms with van der Waals surface area (Å²) in [5, 5.41) is 27.2. The van der Waals surface area contributed by atoms with Crippen molar-refractivity contribution in [3.05, 3.63) is 124 Å². The predicted molar refractivity (Wildman–Crippen MR) is 245 cm³/mol. The van der Waals surface area contributed by atoms with E-state index < -0.39 is 70.9 Å². The summed E-state index contributed by atoms with van der Waals surface area (Å²) in [5.74, 6) is -1.78. The fraction of sp³-hybridized carbons (Fsp3) is 0.370. The molecule has 2 aromatic heterocycles. The molecule has 5 aromatic rings. The lowest BCUT2D eigenvalue weighted by Gasteiger charge is -2.24. The number of nitro groups is 1. The highest BCUT2D eigenvalue weighted by Crippen LogP contribution is 2.32. The molecular weight excluding hydrogens is 867 g/mol. The van der Waals surface area contributed by atoms with Crippen LogP contribution in [0.1, 0.15) is 56.0 Å². The average molecular weight is 922 g/mol. The number of amides is 4. The van der Waals surface area contributed by atoms with Crippen molar-refractivity contribution in [2.75, 3.05) is 26.8 Å². The summed E-state index contributed by atoms with van der Waals surface area (Å²) >= 11 is 0. The van der Waals surface area contributed by atoms with E-state index in [1.165, 1.54) is 0 Å². The average Bonchev–Trinajstić information content (AvgIpc) is 3.88. The monoisotopic (exact) mass is 921 g/mol. The zero-order valence-electron chi connectivity index (χ0n) is 37.7. The molecule has 67 heavy (non-hydrogen) atoms. The van der Waals surface area contributed by atoms with E-state index in [9.17, 15) is 34.1 Å². The molecule has 2 bridgehead atoms. The highest BCUT2D eigenvalue weighted by molar-refractivity contribution is 5.94. The molecule has 0 fully saturated rings. The van der Waals surface area contributed by atoms with Crippen LogP contribution in [0.4, 0.5) is 4.79 Å². The van der Waals surface area contributed by atoms with E-state index >= 15 is 0 Å². The van der Waals surface area contributed by atoms with Gasteiger partial charge in [0.2, 0.25) is 17.7 Å². The van der Waals surface area contributed by atoms with E-state index in [0.29, 0.717) is 34.9 Å². The van der Waals surface area contributed by atoms with E-state index in [1.807, 2.05) is 59.2 Å². The predicted octanol–water partition coefficient (Wildman–Crippen LogP) is 2.83. The van der Waals surface area contributed by atoms with Gasteiger partial charge < -0.3 is 51.1 Å². The molecule has 1 aliphatic heterocycles. The Balaban J connectivity index is 1.44. The number of carbonyl (C=O) groups is 5. The topological polar surface area (TPSA) is 277 Å². The van der Waals surface area contributed by atoms with Gasteiger partial charge in [-0.1, -0.05) is 60.7 Å². The van der Waals surface area contributed by atoms with Crippen LogP contribution < -0.4 is 37.1 Å². The lowest BCUT2D eigenvalue weighted by atomic mass is 9.97. The fourth-order valence-electron chi connectivity index (χ4n) is 7.39. The van der Waals surface area contributed by atoms with E-state index in [2.05, 4.69) is 36.3 Å². The summed E-state index contributed by atoms with van der Waals surface area (Å²) in [6.07, 6.45) is 2.61. The molecule has 21 heteroatoms. The summed E-state index contributed by atoms with van der Waals surface area (Å²) in [6, 6.07) is 20.8. The number of rotatable bonds is 13. The molecule has 0 saturated carbocycles. The molecule has 1 aliphatic rings. The van der Waals surface area contributed by atoms with Crippen LogP contribution in [0.25, 0.3) is 16.7 Å². The van der Waals surface area contributed by atoms with Crippen LogP contribution in [0, 0.1) is 15.5 Å². The third-order valence-corrected chi connectivity index (χ3v) is 10.7. The normalized spacial score (nSPS) is 17.2. The quantitative estimate of drug-likeness (QED) is 0.0248. The Morgan fingerprint density at radius 1 is 0.955 bits per heavy atom. The van der Waals surface area contributed by atoms with Gasteiger partial charge in [0, 0.05) is 43.1 Å². The molecule has 0 radical (unpaired) electrons. The number of para-hydroxylation sites is 1. The largest absolute Gasteiger partial charge is 0.497 e. The number of carbonyl (C=O) groups excluding carboxylic acids is 5. The minimum absolute atomic E-state index is 0.0234. The highest BCUT2D eigenvalue weighted by atomic mass is 16.7. The molecule has 0 aliphatic carbocycles. The van der Waals surface area contributed by atoms with Crippen molar-refractivity contribution < 1.29 is 43.2 Å². The number of alkyl carbamates (subject to hydrolysis) is 1. The maximum atomic E-state index is 14.7. The molecular formula is C46H55N11O10. The van der Waals surface area contributed by atoms with Gasteiger partial charge in [-0.3, -0.25) is 23.7 Å². The molecule has 0 saturated heterocycles. The number of hydrogen-bond donors (Lipinski definition) is 6. The number of imidazole rings is 1. The van der Waals surface area contributed by atoms with Crippen molar-refractivity contribution in [3.8, 4) is 11.6 Å². The molecule has 3 heterocycles. The summed E-state index contributed by atoms with van der Waals surface area (Å²) in [7, 11) is 1.59. The van der Waals surface area contributed by atoms with Crippen LogP contribution in [0.5, 0.6) is 5.75 Å². The van der Waals surface area contributed by atoms with Crippen LogP contribution in [-0.2, 0) is 54.6 Å². The number of benzene rings is 3. The first-order valence-corrected chi connectivity index (χ1v) is 21.6. The Labute approximate surface area is 385 Å². The van der Waals surface area contributed by atoms with E-state index in [1.54, 1.807) is 64.7 Å². The van der Waals surface area contributed by atoms with Gasteiger partial charge in [0.1, 0.15) is 48.3 Å². The van der Waals surface area contributed by atoms with Gasteiger partial charge in [0.15, 0.2) is 5.03 Å². The number of hydrazone groups is 1. The van der Waals surface area contributed by atoms with Crippen LogP contribution in [0.15, 0.2) is 96.5 Å². The SMILES string of the molecule is COc1ccc(Cn2c3c(c4ccccc42)C[C@H](NC(=O)OCc2ccccc2)C(=O)N[C@@H](CCCN/C(N)=N/[N+](=O)[O-])C(=O)NCC(=O)N[C@H](COC(=O)C(C)(C)C)Cc2cn-3cn2)cc1. The number of esters is 1. The fourth-order valence-corrected chi connectivity index (χ4v) is 7.39. The summed E-state index contributed by atoms with van der Waals surface area (Å²) in [4.78, 5) is 84.1. The molecule has 354 valence electrons. The molecule has 0 spiro atoms. The zero-order chi connectivity index (χ0) is 48.1. The lowest BCUT2D eigenvalue weighted by molar-refractivity contribution is -0.485. The van der Waals surface area contributed by atoms with Gasteiger partial charge in [0.05, 0.1) is 36.3 Å². The Hall–Kier alpha value is -7.97. The number of fused-ring (bicyclic) bond motifs is 6. The first kappa shape index (κ1) is 48.5. The summed E-state index contributed by atoms with van der Waals surface area (Å²) < 4.78 is 20.5. The Bertz CT molecular complexity index is 2590. The number of guanidine groups is 1. The van der Waals surface area contributed by atoms with Crippen LogP contribution in [0.3, 0.4) is 0 Å². The molecule has 21 nitrogen and oxygen atoms in total. The van der Waals surface area contributed by atoms with Crippen LogP contribution >= 0.6 is 0 Å². The minimum atomic E-state index is -1.34. The van der Waals surface area contributed by atoms with Gasteiger partial charge in [-0.2, -0.15) is 0 Å². The van der Waals surface area contributed by atoms with Crippen LogP contribution in [-0.4, -0.2) is 99.8 Å². The van der Waals surface area contributed by atoms with Gasteiger partial charge in [-0.15, -0.1) is 0 Å². The number of aromatic nitrogens is 3. The Kier molecular flexibility index (Phi) is 16.1. The molecule has 4 amide bonds. The summed E-state index contributed by atoms with van der Waals surface area (Å²) in [5.41, 5.74) is 8.35. The molecule has 7 N–H and O–H groups in total. The van der Waals surface area contributed by atoms with Gasteiger partial charge in [0.25, 0.3) is 5.96 Å². The van der Waals surface area contributed by atoms with Crippen molar-refractivity contribution in [2.24, 2.45) is 16.3 Å². The van der Waals surface area contributed by atoms with Gasteiger partial charge in [-0.05, 0) is 62.9 Å². The molecule has 3 atom stereocenters. The number of ether oxygens (including phenoxy) is 3. The van der Waals surface area contributed by atoms with Crippen molar-refractivity contribution in [2.45, 2.75) is 77.7 Å². The number of methoxy groups -OCH3 is 1. The Morgan fingerprint density at radius 3 is 2.40 bits per heavy atom. The standard InChI is InChI=1S/C46H55N11O10/c1-46(2,3)43(61)66-27-32-21-31-25-55(28-50-31)42-35(34-13-8-9-15-38(34)56(42)24-29-16-18-33(65-4)19-17-29)22-37(53-45(62)67-26-30-11-6-5-7-12-30)41(60)52-36(40(59)49-23-39(58)51-32)14-10-20-48-44(47)54-57(63)64/h5-9,11-13,15-19,25,28,32,36-37H,10,14,20-24,26-27H2,1-4H3,(H,49,59)(H,51,58)(H,52,60)(H,53,62)(H3,47,48,54)/t32-,36-,37-/m0/s1. The second-order valence-electron chi connectivity index (χ2n) is 16.9. The van der Waals surface area contributed by atoms with Crippen LogP contribution in [0.2, 0.25) is 0 Å². The molecule has 6 rings (SSSR count). The number of nitrogens with one attached hydrogen (secondary N) is 5. The van der Waals surface area contributed by atoms with Crippen molar-refractivity contribution in [1.29, 1.82) is 0 Å². The van der Waals surface area contributed by atoms with Crippen molar-refractivity contribution in [1.82, 2.24) is 40.7 Å². The summed E-state index contributed by atoms with van der Waals surface area (Å²) in [6.45, 7) is 4.69. The second-order valence-corrected chi connectivity index (χ2v) is 16.9. The van der Waals surface area contributed by atoms with Crippen molar-refractivity contribution >= 4 is 46.6 Å². The zero-order valence-corrected chi connectivity index (χ0v) is 37.7. The number of hydrogen-bond acceptors (Lipinski definition) is 11. The maximum absolute atomic E-state index is 14.7. The third kappa shape index (κ3) is 13.5. The number of nitrogens with zero attached hydrogens (tertiary/aromatic N) is 5. The van der Waals surface area contributed by atoms with E-state index in [0.717, 1.165) is 16.5 Å². The van der Waals surface area contributed by atoms with Gasteiger partial charge in [-0.25, -0.2) is 19.9 Å². The lowest BCUT2D eigenvalue weighted by Crippen LogP contribution is -2.55. The third-order valence-electron chi connectivity index (χ3n) is 10.7.